The van der Waals surface area contributed by atoms with Gasteiger partial charge in [-0.15, -0.1) is 0 Å². The van der Waals surface area contributed by atoms with Crippen molar-refractivity contribution >= 4 is 11.7 Å². The van der Waals surface area contributed by atoms with Gasteiger partial charge in [0, 0.05) is 18.3 Å². The van der Waals surface area contributed by atoms with E-state index in [2.05, 4.69) is 15.4 Å². The van der Waals surface area contributed by atoms with E-state index in [9.17, 15) is 18.0 Å². The largest absolute Gasteiger partial charge is 0.435 e. The van der Waals surface area contributed by atoms with Gasteiger partial charge >= 0.3 is 12.6 Å². The van der Waals surface area contributed by atoms with Gasteiger partial charge in [-0.05, 0) is 43.9 Å². The smallest absolute Gasteiger partial charge is 0.387 e. The molecule has 0 saturated carbocycles. The van der Waals surface area contributed by atoms with Gasteiger partial charge in [-0.3, -0.25) is 0 Å². The molecule has 0 spiro atoms. The second-order valence-corrected chi connectivity index (χ2v) is 5.77. The molecule has 1 unspecified atom stereocenters. The molecule has 26 heavy (non-hydrogen) atoms. The number of hydrogen-bond donors (Lipinski definition) is 2. The SMILES string of the molecule is CN(C)C(CNC(=O)Nc1cccc(OC(F)F)c1)c1ccc(F)cc1. The van der Waals surface area contributed by atoms with Crippen molar-refractivity contribution in [1.29, 1.82) is 0 Å². The molecule has 0 heterocycles. The second kappa shape index (κ2) is 9.10. The molecule has 140 valence electrons. The number of benzene rings is 2. The molecular formula is C18H20F3N3O2. The molecule has 0 aliphatic rings. The standard InChI is InChI=1S/C18H20F3N3O2/c1-24(2)16(12-6-8-13(19)9-7-12)11-22-18(25)23-14-4-3-5-15(10-14)26-17(20)21/h3-10,16-17H,11H2,1-2H3,(H2,22,23,25). The molecule has 8 heteroatoms. The van der Waals surface area contributed by atoms with Crippen LogP contribution in [-0.4, -0.2) is 38.2 Å². The number of anilines is 1. The summed E-state index contributed by atoms with van der Waals surface area (Å²) in [6.45, 7) is -2.66. The molecule has 0 aliphatic heterocycles. The first-order valence-corrected chi connectivity index (χ1v) is 7.87. The van der Waals surface area contributed by atoms with Crippen molar-refractivity contribution in [2.75, 3.05) is 26.0 Å². The van der Waals surface area contributed by atoms with Crippen LogP contribution in [-0.2, 0) is 0 Å². The zero-order chi connectivity index (χ0) is 19.1. The van der Waals surface area contributed by atoms with Gasteiger partial charge in [0.15, 0.2) is 0 Å². The number of likely N-dealkylation sites (N-methyl/N-ethyl adjacent to an activating group) is 1. The molecule has 2 N–H and O–H groups in total. The average molecular weight is 367 g/mol. The Morgan fingerprint density at radius 2 is 1.85 bits per heavy atom. The van der Waals surface area contributed by atoms with Gasteiger partial charge in [0.2, 0.25) is 0 Å². The summed E-state index contributed by atoms with van der Waals surface area (Å²) in [5, 5.41) is 5.27. The summed E-state index contributed by atoms with van der Waals surface area (Å²) in [6, 6.07) is 11.1. The molecule has 0 aliphatic carbocycles. The maximum atomic E-state index is 13.1. The van der Waals surface area contributed by atoms with Crippen LogP contribution < -0.4 is 15.4 Å². The number of nitrogens with one attached hydrogen (secondary N) is 2. The van der Waals surface area contributed by atoms with Crippen molar-refractivity contribution in [2.24, 2.45) is 0 Å². The van der Waals surface area contributed by atoms with Crippen LogP contribution in [0, 0.1) is 5.82 Å². The van der Waals surface area contributed by atoms with Crippen LogP contribution in [0.1, 0.15) is 11.6 Å². The number of halogens is 3. The Labute approximate surface area is 149 Å². The third kappa shape index (κ3) is 5.96. The van der Waals surface area contributed by atoms with Crippen LogP contribution in [0.15, 0.2) is 48.5 Å². The fourth-order valence-electron chi connectivity index (χ4n) is 2.40. The molecule has 0 radical (unpaired) electrons. The van der Waals surface area contributed by atoms with E-state index in [0.717, 1.165) is 5.56 Å². The topological polar surface area (TPSA) is 53.6 Å². The highest BCUT2D eigenvalue weighted by molar-refractivity contribution is 5.89. The minimum atomic E-state index is -2.93. The van der Waals surface area contributed by atoms with Crippen LogP contribution >= 0.6 is 0 Å². The zero-order valence-corrected chi connectivity index (χ0v) is 14.4. The lowest BCUT2D eigenvalue weighted by molar-refractivity contribution is -0.0497. The molecule has 2 amide bonds. The minimum absolute atomic E-state index is 0.0460. The van der Waals surface area contributed by atoms with Crippen molar-refractivity contribution in [2.45, 2.75) is 12.7 Å². The van der Waals surface area contributed by atoms with Crippen LogP contribution in [0.3, 0.4) is 0 Å². The Morgan fingerprint density at radius 1 is 1.15 bits per heavy atom. The second-order valence-electron chi connectivity index (χ2n) is 5.77. The molecule has 1 atom stereocenters. The van der Waals surface area contributed by atoms with Crippen LogP contribution in [0.4, 0.5) is 23.7 Å². The number of rotatable bonds is 7. The fraction of sp³-hybridized carbons (Fsp3) is 0.278. The number of carbonyl (C=O) groups is 1. The molecule has 5 nitrogen and oxygen atoms in total. The number of nitrogens with zero attached hydrogens (tertiary/aromatic N) is 1. The summed E-state index contributed by atoms with van der Waals surface area (Å²) in [7, 11) is 3.69. The normalized spacial score (nSPS) is 12.1. The van der Waals surface area contributed by atoms with E-state index in [4.69, 9.17) is 0 Å². The highest BCUT2D eigenvalue weighted by Crippen LogP contribution is 2.20. The van der Waals surface area contributed by atoms with Gasteiger partial charge in [0.25, 0.3) is 0 Å². The van der Waals surface area contributed by atoms with Crippen molar-refractivity contribution in [3.05, 3.63) is 59.9 Å². The first kappa shape index (κ1) is 19.6. The van der Waals surface area contributed by atoms with Gasteiger partial charge in [-0.2, -0.15) is 8.78 Å². The third-order valence-electron chi connectivity index (χ3n) is 3.65. The molecule has 0 aromatic heterocycles. The minimum Gasteiger partial charge on any atom is -0.435 e. The van der Waals surface area contributed by atoms with E-state index in [1.807, 2.05) is 19.0 Å². The lowest BCUT2D eigenvalue weighted by atomic mass is 10.1. The third-order valence-corrected chi connectivity index (χ3v) is 3.65. The van der Waals surface area contributed by atoms with Crippen molar-refractivity contribution < 1.29 is 22.7 Å². The van der Waals surface area contributed by atoms with Gasteiger partial charge in [-0.1, -0.05) is 18.2 Å². The van der Waals surface area contributed by atoms with E-state index in [0.29, 0.717) is 5.69 Å². The predicted molar refractivity (Wildman–Crippen MR) is 92.9 cm³/mol. The summed E-state index contributed by atoms with van der Waals surface area (Å²) in [5.74, 6) is -0.377. The molecule has 2 aromatic rings. The molecule has 0 fully saturated rings. The van der Waals surface area contributed by atoms with Gasteiger partial charge in [0.1, 0.15) is 11.6 Å². The number of ether oxygens (including phenoxy) is 1. The summed E-state index contributed by atoms with van der Waals surface area (Å²) in [6.07, 6.45) is 0. The number of alkyl halides is 2. The molecule has 0 saturated heterocycles. The summed E-state index contributed by atoms with van der Waals surface area (Å²) in [4.78, 5) is 14.0. The maximum Gasteiger partial charge on any atom is 0.387 e. The number of urea groups is 1. The molecular weight excluding hydrogens is 347 g/mol. The summed E-state index contributed by atoms with van der Waals surface area (Å²) < 4.78 is 41.8. The summed E-state index contributed by atoms with van der Waals surface area (Å²) >= 11 is 0. The van der Waals surface area contributed by atoms with Gasteiger partial charge in [-0.25, -0.2) is 9.18 Å². The Morgan fingerprint density at radius 3 is 2.46 bits per heavy atom. The van der Waals surface area contributed by atoms with E-state index in [1.54, 1.807) is 18.2 Å². The maximum absolute atomic E-state index is 13.1. The highest BCUT2D eigenvalue weighted by Gasteiger charge is 2.15. The number of hydrogen-bond acceptors (Lipinski definition) is 3. The van der Waals surface area contributed by atoms with E-state index < -0.39 is 12.6 Å². The Bertz CT molecular complexity index is 724. The van der Waals surface area contributed by atoms with Gasteiger partial charge in [0.05, 0.1) is 6.04 Å². The van der Waals surface area contributed by atoms with Crippen LogP contribution in [0.2, 0.25) is 0 Å². The number of amides is 2. The Hall–Kier alpha value is -2.74. The Balaban J connectivity index is 1.95. The highest BCUT2D eigenvalue weighted by atomic mass is 19.3. The monoisotopic (exact) mass is 367 g/mol. The number of carbonyl (C=O) groups excluding carboxylic acids is 1. The first-order valence-electron chi connectivity index (χ1n) is 7.87. The lowest BCUT2D eigenvalue weighted by Gasteiger charge is -2.25. The van der Waals surface area contributed by atoms with E-state index in [-0.39, 0.29) is 24.2 Å². The van der Waals surface area contributed by atoms with E-state index >= 15 is 0 Å². The van der Waals surface area contributed by atoms with Crippen LogP contribution in [0.25, 0.3) is 0 Å². The summed E-state index contributed by atoms with van der Waals surface area (Å²) in [5.41, 5.74) is 1.17. The van der Waals surface area contributed by atoms with Gasteiger partial charge < -0.3 is 20.3 Å². The molecule has 0 bridgehead atoms. The quantitative estimate of drug-likeness (QED) is 0.782. The zero-order valence-electron chi connectivity index (χ0n) is 14.4. The first-order chi connectivity index (χ1) is 12.3. The fourth-order valence-corrected chi connectivity index (χ4v) is 2.40. The van der Waals surface area contributed by atoms with E-state index in [1.165, 1.54) is 30.3 Å². The average Bonchev–Trinajstić information content (AvgIpc) is 2.56. The van der Waals surface area contributed by atoms with Crippen molar-refractivity contribution in [3.8, 4) is 5.75 Å². The molecule has 2 aromatic carbocycles. The predicted octanol–water partition coefficient (Wildman–Crippen LogP) is 3.85. The Kier molecular flexibility index (Phi) is 6.85. The lowest BCUT2D eigenvalue weighted by Crippen LogP contribution is -2.36. The van der Waals surface area contributed by atoms with Crippen molar-refractivity contribution in [1.82, 2.24) is 10.2 Å². The van der Waals surface area contributed by atoms with Crippen molar-refractivity contribution in [3.63, 3.8) is 0 Å². The van der Waals surface area contributed by atoms with Crippen LogP contribution in [0.5, 0.6) is 5.75 Å². The molecule has 2 rings (SSSR count).